The number of hydrogen-bond donors (Lipinski definition) is 1. The van der Waals surface area contributed by atoms with Gasteiger partial charge in [0.25, 0.3) is 5.91 Å². The topological polar surface area (TPSA) is 66.5 Å². The number of carbonyl (C=O) groups excluding carboxylic acids is 1. The second-order valence-corrected chi connectivity index (χ2v) is 9.79. The van der Waals surface area contributed by atoms with Gasteiger partial charge >= 0.3 is 0 Å². The van der Waals surface area contributed by atoms with Crippen molar-refractivity contribution in [2.75, 3.05) is 24.2 Å². The second-order valence-electron chi connectivity index (χ2n) is 6.14. The fraction of sp³-hybridized carbons (Fsp3) is 0.316. The summed E-state index contributed by atoms with van der Waals surface area (Å²) >= 11 is 7.81. The largest absolute Gasteiger partial charge is 0.321 e. The molecule has 0 unspecified atom stereocenters. The molecule has 2 aromatic rings. The number of hydrogen-bond acceptors (Lipinski definition) is 4. The summed E-state index contributed by atoms with van der Waals surface area (Å²) in [5, 5.41) is 3.06. The first kappa shape index (κ1) is 20.2. The van der Waals surface area contributed by atoms with Crippen LogP contribution in [0, 0.1) is 0 Å². The van der Waals surface area contributed by atoms with Crippen molar-refractivity contribution < 1.29 is 13.2 Å². The number of carbonyl (C=O) groups is 1. The minimum absolute atomic E-state index is 0.0927. The summed E-state index contributed by atoms with van der Waals surface area (Å²) in [6, 6.07) is 11.8. The van der Waals surface area contributed by atoms with Gasteiger partial charge in [0.05, 0.1) is 21.2 Å². The molecule has 0 spiro atoms. The van der Waals surface area contributed by atoms with Crippen LogP contribution >= 0.6 is 23.4 Å². The van der Waals surface area contributed by atoms with Gasteiger partial charge < -0.3 is 5.32 Å². The number of halogens is 1. The molecule has 2 aromatic carbocycles. The summed E-state index contributed by atoms with van der Waals surface area (Å²) in [6.07, 6.45) is 1.71. The average Bonchev–Trinajstić information content (AvgIpc) is 3.19. The van der Waals surface area contributed by atoms with Gasteiger partial charge in [-0.1, -0.05) is 30.7 Å². The molecule has 8 heteroatoms. The monoisotopic (exact) mass is 424 g/mol. The number of anilines is 1. The first-order valence-electron chi connectivity index (χ1n) is 8.76. The maximum atomic E-state index is 12.8. The van der Waals surface area contributed by atoms with Crippen LogP contribution in [0.3, 0.4) is 0 Å². The fourth-order valence-electron chi connectivity index (χ4n) is 2.96. The van der Waals surface area contributed by atoms with Crippen LogP contribution in [0.5, 0.6) is 0 Å². The van der Waals surface area contributed by atoms with Crippen molar-refractivity contribution >= 4 is 45.0 Å². The Morgan fingerprint density at radius 1 is 1.19 bits per heavy atom. The highest BCUT2D eigenvalue weighted by molar-refractivity contribution is 7.99. The molecule has 1 aliphatic rings. The number of amides is 1. The number of rotatable bonds is 6. The molecule has 0 aliphatic carbocycles. The van der Waals surface area contributed by atoms with E-state index in [1.54, 1.807) is 11.8 Å². The third-order valence-corrected chi connectivity index (χ3v) is 7.50. The van der Waals surface area contributed by atoms with Gasteiger partial charge in [-0.05, 0) is 48.9 Å². The van der Waals surface area contributed by atoms with Gasteiger partial charge in [0.1, 0.15) is 0 Å². The maximum absolute atomic E-state index is 12.8. The van der Waals surface area contributed by atoms with Crippen LogP contribution < -0.4 is 5.32 Å². The lowest BCUT2D eigenvalue weighted by Crippen LogP contribution is -2.28. The van der Waals surface area contributed by atoms with Crippen LogP contribution in [0.25, 0.3) is 0 Å². The Bertz CT molecular complexity index is 942. The van der Waals surface area contributed by atoms with Gasteiger partial charge in [-0.25, -0.2) is 8.42 Å². The van der Waals surface area contributed by atoms with Gasteiger partial charge in [0.15, 0.2) is 0 Å². The number of nitrogens with one attached hydrogen (secondary N) is 1. The highest BCUT2D eigenvalue weighted by Crippen LogP contribution is 2.29. The first-order valence-corrected chi connectivity index (χ1v) is 11.6. The fourth-order valence-corrected chi connectivity index (χ4v) is 5.46. The van der Waals surface area contributed by atoms with Crippen molar-refractivity contribution in [2.24, 2.45) is 0 Å². The lowest BCUT2D eigenvalue weighted by atomic mass is 10.2. The van der Waals surface area contributed by atoms with Gasteiger partial charge in [-0.2, -0.15) is 4.31 Å². The van der Waals surface area contributed by atoms with E-state index in [1.165, 1.54) is 22.5 Å². The van der Waals surface area contributed by atoms with Crippen molar-refractivity contribution in [2.45, 2.75) is 29.6 Å². The number of thioether (sulfide) groups is 1. The van der Waals surface area contributed by atoms with E-state index in [-0.39, 0.29) is 15.5 Å². The third kappa shape index (κ3) is 4.48. The number of sulfonamides is 1. The molecule has 0 aromatic heterocycles. The highest BCUT2D eigenvalue weighted by Gasteiger charge is 2.28. The van der Waals surface area contributed by atoms with Crippen molar-refractivity contribution in [1.29, 1.82) is 0 Å². The molecule has 0 bridgehead atoms. The molecule has 1 aliphatic heterocycles. The quantitative estimate of drug-likeness (QED) is 0.694. The molecule has 3 rings (SSSR count). The third-order valence-electron chi connectivity index (χ3n) is 4.32. The lowest BCUT2D eigenvalue weighted by molar-refractivity contribution is 0.102. The summed E-state index contributed by atoms with van der Waals surface area (Å²) in [6.45, 7) is 3.05. The molecule has 1 fully saturated rings. The second kappa shape index (κ2) is 8.65. The van der Waals surface area contributed by atoms with E-state index >= 15 is 0 Å². The van der Waals surface area contributed by atoms with Crippen LogP contribution in [0.2, 0.25) is 5.02 Å². The zero-order valence-electron chi connectivity index (χ0n) is 14.9. The predicted molar refractivity (Wildman–Crippen MR) is 110 cm³/mol. The van der Waals surface area contributed by atoms with E-state index < -0.39 is 15.9 Å². The predicted octanol–water partition coefficient (Wildman–Crippen LogP) is 4.49. The molecule has 1 saturated heterocycles. The Labute approximate surface area is 169 Å². The molecule has 1 heterocycles. The number of nitrogens with zero attached hydrogens (tertiary/aromatic N) is 1. The van der Waals surface area contributed by atoms with Crippen LogP contribution in [-0.4, -0.2) is 37.5 Å². The summed E-state index contributed by atoms with van der Waals surface area (Å²) in [5.41, 5.74) is 0.825. The average molecular weight is 425 g/mol. The first-order chi connectivity index (χ1) is 12.9. The summed E-state index contributed by atoms with van der Waals surface area (Å²) in [4.78, 5) is 13.8. The Morgan fingerprint density at radius 3 is 2.59 bits per heavy atom. The van der Waals surface area contributed by atoms with Crippen molar-refractivity contribution in [1.82, 2.24) is 4.31 Å². The molecule has 1 N–H and O–H groups in total. The zero-order chi connectivity index (χ0) is 19.4. The van der Waals surface area contributed by atoms with Gasteiger partial charge in [-0.3, -0.25) is 4.79 Å². The van der Waals surface area contributed by atoms with Crippen molar-refractivity contribution in [3.05, 3.63) is 53.1 Å². The van der Waals surface area contributed by atoms with E-state index in [0.29, 0.717) is 18.8 Å². The Balaban J connectivity index is 1.89. The maximum Gasteiger partial charge on any atom is 0.257 e. The zero-order valence-corrected chi connectivity index (χ0v) is 17.3. The van der Waals surface area contributed by atoms with E-state index in [2.05, 4.69) is 5.32 Å². The van der Waals surface area contributed by atoms with E-state index in [0.717, 1.165) is 23.5 Å². The highest BCUT2D eigenvalue weighted by atomic mass is 35.5. The Hall–Kier alpha value is -1.54. The standard InChI is InChI=1S/C19H21ClN2O3S2/c1-2-26-18-8-4-3-7-17(18)21-19(23)15-13-14(9-10-16(15)20)27(24,25)22-11-5-6-12-22/h3-4,7-10,13H,2,5-6,11-12H2,1H3,(H,21,23). The molecule has 27 heavy (non-hydrogen) atoms. The molecular weight excluding hydrogens is 404 g/mol. The summed E-state index contributed by atoms with van der Waals surface area (Å²) in [5.74, 6) is 0.444. The van der Waals surface area contributed by atoms with Gasteiger partial charge in [-0.15, -0.1) is 11.8 Å². The smallest absolute Gasteiger partial charge is 0.257 e. The minimum Gasteiger partial charge on any atom is -0.321 e. The van der Waals surface area contributed by atoms with Crippen LogP contribution in [0.15, 0.2) is 52.3 Å². The number of benzene rings is 2. The minimum atomic E-state index is -3.61. The summed E-state index contributed by atoms with van der Waals surface area (Å²) < 4.78 is 27.0. The number of para-hydroxylation sites is 1. The molecule has 0 atom stereocenters. The molecule has 144 valence electrons. The molecule has 5 nitrogen and oxygen atoms in total. The SMILES string of the molecule is CCSc1ccccc1NC(=O)c1cc(S(=O)(=O)N2CCCC2)ccc1Cl. The van der Waals surface area contributed by atoms with Gasteiger partial charge in [0, 0.05) is 18.0 Å². The Morgan fingerprint density at radius 2 is 1.89 bits per heavy atom. The van der Waals surface area contributed by atoms with E-state index in [4.69, 9.17) is 11.6 Å². The Kier molecular flexibility index (Phi) is 6.47. The molecular formula is C19H21ClN2O3S2. The lowest BCUT2D eigenvalue weighted by Gasteiger charge is -2.17. The van der Waals surface area contributed by atoms with E-state index in [1.807, 2.05) is 31.2 Å². The van der Waals surface area contributed by atoms with Crippen LogP contribution in [0.1, 0.15) is 30.1 Å². The molecule has 1 amide bonds. The molecule has 0 saturated carbocycles. The normalized spacial score (nSPS) is 15.0. The van der Waals surface area contributed by atoms with Gasteiger partial charge in [0.2, 0.25) is 10.0 Å². The van der Waals surface area contributed by atoms with E-state index in [9.17, 15) is 13.2 Å². The van der Waals surface area contributed by atoms with Crippen molar-refractivity contribution in [3.8, 4) is 0 Å². The summed E-state index contributed by atoms with van der Waals surface area (Å²) in [7, 11) is -3.61. The van der Waals surface area contributed by atoms with Crippen molar-refractivity contribution in [3.63, 3.8) is 0 Å². The van der Waals surface area contributed by atoms with Crippen LogP contribution in [-0.2, 0) is 10.0 Å². The molecule has 0 radical (unpaired) electrons. The van der Waals surface area contributed by atoms with Crippen LogP contribution in [0.4, 0.5) is 5.69 Å².